The molecule has 0 aliphatic carbocycles. The number of amides is 1. The van der Waals surface area contributed by atoms with Gasteiger partial charge in [-0.05, 0) is 6.92 Å². The molecule has 0 saturated carbocycles. The van der Waals surface area contributed by atoms with Gasteiger partial charge in [0.25, 0.3) is 0 Å². The molecule has 0 spiro atoms. The first-order chi connectivity index (χ1) is 8.70. The summed E-state index contributed by atoms with van der Waals surface area (Å²) in [6.07, 6.45) is 2.44. The zero-order chi connectivity index (χ0) is 13.0. The van der Waals surface area contributed by atoms with E-state index in [0.29, 0.717) is 17.9 Å². The molecule has 1 unspecified atom stereocenters. The molecule has 1 fully saturated rings. The van der Waals surface area contributed by atoms with Gasteiger partial charge in [-0.15, -0.1) is 0 Å². The molecule has 1 amide bonds. The largest absolute Gasteiger partial charge is 0.415 e. The van der Waals surface area contributed by atoms with Crippen LogP contribution in [0.15, 0.2) is 18.5 Å². The highest BCUT2D eigenvalue weighted by Gasteiger charge is 2.24. The number of hydrogen-bond donors (Lipinski definition) is 1. The standard InChI is InChI=1S/C12H14N4O2/c1-9-6-14-2-3-16(9)12(17)18-11-4-10(5-13)7-15-8-11/h4,7-9,14H,2-3,6H2,1H3. The smallest absolute Gasteiger partial charge is 0.408 e. The number of hydrogen-bond acceptors (Lipinski definition) is 5. The summed E-state index contributed by atoms with van der Waals surface area (Å²) in [5.41, 5.74) is 0.369. The predicted octanol–water partition coefficient (Wildman–Crippen LogP) is 0.746. The van der Waals surface area contributed by atoms with Gasteiger partial charge in [-0.25, -0.2) is 4.79 Å². The zero-order valence-electron chi connectivity index (χ0n) is 10.1. The predicted molar refractivity (Wildman–Crippen MR) is 64.0 cm³/mol. The van der Waals surface area contributed by atoms with E-state index in [2.05, 4.69) is 10.3 Å². The molecule has 1 atom stereocenters. The minimum absolute atomic E-state index is 0.0957. The lowest BCUT2D eigenvalue weighted by Gasteiger charge is -2.32. The van der Waals surface area contributed by atoms with Gasteiger partial charge in [-0.3, -0.25) is 4.98 Å². The number of nitrogens with zero attached hydrogens (tertiary/aromatic N) is 3. The van der Waals surface area contributed by atoms with Crippen LogP contribution in [-0.2, 0) is 0 Å². The molecular weight excluding hydrogens is 232 g/mol. The van der Waals surface area contributed by atoms with Crippen molar-refractivity contribution >= 4 is 6.09 Å². The topological polar surface area (TPSA) is 78.2 Å². The Morgan fingerprint density at radius 1 is 1.67 bits per heavy atom. The van der Waals surface area contributed by atoms with Crippen LogP contribution < -0.4 is 10.1 Å². The Balaban J connectivity index is 2.04. The molecule has 94 valence electrons. The number of piperazine rings is 1. The molecule has 1 aliphatic heterocycles. The second-order valence-corrected chi connectivity index (χ2v) is 4.14. The van der Waals surface area contributed by atoms with Gasteiger partial charge in [0.1, 0.15) is 6.07 Å². The van der Waals surface area contributed by atoms with Gasteiger partial charge in [0.2, 0.25) is 0 Å². The van der Waals surface area contributed by atoms with Crippen LogP contribution in [0.2, 0.25) is 0 Å². The van der Waals surface area contributed by atoms with E-state index in [-0.39, 0.29) is 6.04 Å². The van der Waals surface area contributed by atoms with Crippen molar-refractivity contribution in [2.75, 3.05) is 19.6 Å². The van der Waals surface area contributed by atoms with Crippen LogP contribution in [-0.4, -0.2) is 41.7 Å². The van der Waals surface area contributed by atoms with Crippen molar-refractivity contribution < 1.29 is 9.53 Å². The van der Waals surface area contributed by atoms with Gasteiger partial charge in [0, 0.05) is 37.9 Å². The Bertz CT molecular complexity index is 483. The molecule has 2 heterocycles. The van der Waals surface area contributed by atoms with Crippen molar-refractivity contribution in [2.24, 2.45) is 0 Å². The molecule has 0 radical (unpaired) electrons. The molecule has 6 heteroatoms. The maximum Gasteiger partial charge on any atom is 0.415 e. The zero-order valence-corrected chi connectivity index (χ0v) is 10.1. The minimum atomic E-state index is -0.402. The lowest BCUT2D eigenvalue weighted by molar-refractivity contribution is 0.124. The Kier molecular flexibility index (Phi) is 3.75. The fourth-order valence-electron chi connectivity index (χ4n) is 1.81. The summed E-state index contributed by atoms with van der Waals surface area (Å²) in [5, 5.41) is 11.9. The van der Waals surface area contributed by atoms with E-state index in [4.69, 9.17) is 10.00 Å². The van der Waals surface area contributed by atoms with Gasteiger partial charge in [-0.1, -0.05) is 0 Å². The molecular formula is C12H14N4O2. The normalized spacial score (nSPS) is 19.1. The Hall–Kier alpha value is -2.13. The van der Waals surface area contributed by atoms with Crippen molar-refractivity contribution in [3.8, 4) is 11.8 Å². The third-order valence-electron chi connectivity index (χ3n) is 2.78. The molecule has 0 aromatic carbocycles. The Labute approximate surface area is 105 Å². The molecule has 1 N–H and O–H groups in total. The van der Waals surface area contributed by atoms with E-state index in [9.17, 15) is 4.79 Å². The summed E-state index contributed by atoms with van der Waals surface area (Å²) in [5.74, 6) is 0.296. The first-order valence-corrected chi connectivity index (χ1v) is 5.75. The van der Waals surface area contributed by atoms with E-state index in [1.54, 1.807) is 4.90 Å². The summed E-state index contributed by atoms with van der Waals surface area (Å²) in [6, 6.07) is 3.54. The quantitative estimate of drug-likeness (QED) is 0.791. The molecule has 1 aliphatic rings. The highest BCUT2D eigenvalue weighted by Crippen LogP contribution is 2.13. The van der Waals surface area contributed by atoms with Gasteiger partial charge in [-0.2, -0.15) is 5.26 Å². The molecule has 1 aromatic rings. The SMILES string of the molecule is CC1CNCCN1C(=O)Oc1cncc(C#N)c1. The van der Waals surface area contributed by atoms with E-state index in [0.717, 1.165) is 13.1 Å². The number of carbonyl (C=O) groups excluding carboxylic acids is 1. The van der Waals surface area contributed by atoms with Crippen molar-refractivity contribution in [3.05, 3.63) is 24.0 Å². The monoisotopic (exact) mass is 246 g/mol. The summed E-state index contributed by atoms with van der Waals surface area (Å²) >= 11 is 0. The first-order valence-electron chi connectivity index (χ1n) is 5.75. The third-order valence-corrected chi connectivity index (χ3v) is 2.78. The number of rotatable bonds is 1. The van der Waals surface area contributed by atoms with Gasteiger partial charge >= 0.3 is 6.09 Å². The third kappa shape index (κ3) is 2.76. The van der Waals surface area contributed by atoms with Crippen LogP contribution in [0.1, 0.15) is 12.5 Å². The van der Waals surface area contributed by atoms with Crippen LogP contribution in [0, 0.1) is 11.3 Å². The average molecular weight is 246 g/mol. The molecule has 1 aromatic heterocycles. The summed E-state index contributed by atoms with van der Waals surface area (Å²) < 4.78 is 5.21. The number of pyridine rings is 1. The number of carbonyl (C=O) groups is 1. The van der Waals surface area contributed by atoms with E-state index < -0.39 is 6.09 Å². The number of ether oxygens (including phenoxy) is 1. The summed E-state index contributed by atoms with van der Waals surface area (Å²) in [7, 11) is 0. The summed E-state index contributed by atoms with van der Waals surface area (Å²) in [6.45, 7) is 4.09. The van der Waals surface area contributed by atoms with E-state index in [1.165, 1.54) is 18.5 Å². The minimum Gasteiger partial charge on any atom is -0.408 e. The highest BCUT2D eigenvalue weighted by atomic mass is 16.6. The maximum atomic E-state index is 11.9. The molecule has 2 rings (SSSR count). The molecule has 6 nitrogen and oxygen atoms in total. The number of nitriles is 1. The lowest BCUT2D eigenvalue weighted by atomic mass is 10.2. The number of aromatic nitrogens is 1. The number of nitrogens with one attached hydrogen (secondary N) is 1. The van der Waals surface area contributed by atoms with Crippen molar-refractivity contribution in [2.45, 2.75) is 13.0 Å². The molecule has 1 saturated heterocycles. The first kappa shape index (κ1) is 12.3. The second-order valence-electron chi connectivity index (χ2n) is 4.14. The van der Waals surface area contributed by atoms with E-state index in [1.807, 2.05) is 13.0 Å². The van der Waals surface area contributed by atoms with Crippen molar-refractivity contribution in [1.29, 1.82) is 5.26 Å². The van der Waals surface area contributed by atoms with Gasteiger partial charge in [0.15, 0.2) is 5.75 Å². The fraction of sp³-hybridized carbons (Fsp3) is 0.417. The van der Waals surface area contributed by atoms with E-state index >= 15 is 0 Å². The lowest BCUT2D eigenvalue weighted by Crippen LogP contribution is -2.53. The van der Waals surface area contributed by atoms with Crippen LogP contribution in [0.5, 0.6) is 5.75 Å². The Morgan fingerprint density at radius 2 is 2.50 bits per heavy atom. The van der Waals surface area contributed by atoms with Crippen LogP contribution in [0.3, 0.4) is 0 Å². The average Bonchev–Trinajstić information content (AvgIpc) is 2.39. The van der Waals surface area contributed by atoms with Crippen LogP contribution in [0.4, 0.5) is 4.79 Å². The Morgan fingerprint density at radius 3 is 3.22 bits per heavy atom. The van der Waals surface area contributed by atoms with Crippen molar-refractivity contribution in [1.82, 2.24) is 15.2 Å². The maximum absolute atomic E-state index is 11.9. The molecule has 18 heavy (non-hydrogen) atoms. The molecule has 0 bridgehead atoms. The second kappa shape index (κ2) is 5.47. The van der Waals surface area contributed by atoms with Gasteiger partial charge < -0.3 is 15.0 Å². The van der Waals surface area contributed by atoms with Crippen molar-refractivity contribution in [3.63, 3.8) is 0 Å². The highest BCUT2D eigenvalue weighted by molar-refractivity contribution is 5.71. The van der Waals surface area contributed by atoms with Crippen LogP contribution in [0.25, 0.3) is 0 Å². The fourth-order valence-corrected chi connectivity index (χ4v) is 1.81. The van der Waals surface area contributed by atoms with Gasteiger partial charge in [0.05, 0.1) is 11.8 Å². The summed E-state index contributed by atoms with van der Waals surface area (Å²) in [4.78, 5) is 17.4. The van der Waals surface area contributed by atoms with Crippen LogP contribution >= 0.6 is 0 Å².